The van der Waals surface area contributed by atoms with Gasteiger partial charge in [-0.2, -0.15) is 4.31 Å². The van der Waals surface area contributed by atoms with Gasteiger partial charge in [0.25, 0.3) is 5.91 Å². The summed E-state index contributed by atoms with van der Waals surface area (Å²) >= 11 is 0. The third-order valence-corrected chi connectivity index (χ3v) is 8.66. The molecule has 2 aromatic carbocycles. The van der Waals surface area contributed by atoms with Crippen molar-refractivity contribution in [2.45, 2.75) is 43.5 Å². The lowest BCUT2D eigenvalue weighted by molar-refractivity contribution is 0.0638. The molecule has 0 aromatic heterocycles. The minimum atomic E-state index is -3.59. The van der Waals surface area contributed by atoms with Gasteiger partial charge in [-0.3, -0.25) is 9.69 Å². The van der Waals surface area contributed by atoms with Crippen LogP contribution in [0.25, 0.3) is 0 Å². The second kappa shape index (κ2) is 10.1. The summed E-state index contributed by atoms with van der Waals surface area (Å²) in [6.07, 6.45) is 3.83. The maximum Gasteiger partial charge on any atom is 0.253 e. The van der Waals surface area contributed by atoms with Crippen molar-refractivity contribution in [3.8, 4) is 0 Å². The molecule has 6 nitrogen and oxygen atoms in total. The van der Waals surface area contributed by atoms with E-state index in [1.54, 1.807) is 28.6 Å². The molecule has 4 rings (SSSR count). The third kappa shape index (κ3) is 5.22. The summed E-state index contributed by atoms with van der Waals surface area (Å²) in [5.74, 6) is -0.0866. The second-order valence-electron chi connectivity index (χ2n) is 8.86. The van der Waals surface area contributed by atoms with Crippen LogP contribution in [0, 0.1) is 0 Å². The summed E-state index contributed by atoms with van der Waals surface area (Å²) in [6.45, 7) is 6.48. The van der Waals surface area contributed by atoms with Crippen LogP contribution in [0.3, 0.4) is 0 Å². The zero-order valence-electron chi connectivity index (χ0n) is 18.8. The van der Waals surface area contributed by atoms with Gasteiger partial charge in [-0.05, 0) is 49.9 Å². The van der Waals surface area contributed by atoms with E-state index in [1.165, 1.54) is 5.56 Å². The van der Waals surface area contributed by atoms with Crippen molar-refractivity contribution in [3.63, 3.8) is 0 Å². The van der Waals surface area contributed by atoms with Crippen LogP contribution >= 0.6 is 0 Å². The van der Waals surface area contributed by atoms with E-state index in [1.807, 2.05) is 17.9 Å². The average molecular weight is 456 g/mol. The van der Waals surface area contributed by atoms with Gasteiger partial charge in [-0.15, -0.1) is 0 Å². The highest BCUT2D eigenvalue weighted by atomic mass is 32.2. The smallest absolute Gasteiger partial charge is 0.253 e. The lowest BCUT2D eigenvalue weighted by Gasteiger charge is -2.35. The first kappa shape index (κ1) is 23.0. The first-order valence-electron chi connectivity index (χ1n) is 11.6. The number of amides is 1. The van der Waals surface area contributed by atoms with E-state index in [9.17, 15) is 13.2 Å². The molecule has 2 aromatic rings. The lowest BCUT2D eigenvalue weighted by Crippen LogP contribution is -2.49. The lowest BCUT2D eigenvalue weighted by atomic mass is 10.1. The van der Waals surface area contributed by atoms with Crippen LogP contribution in [0.5, 0.6) is 0 Å². The molecule has 0 radical (unpaired) electrons. The summed E-state index contributed by atoms with van der Waals surface area (Å²) in [6, 6.07) is 17.0. The number of nitrogens with zero attached hydrogens (tertiary/aromatic N) is 3. The number of hydrogen-bond donors (Lipinski definition) is 0. The number of piperazine rings is 1. The molecule has 2 aliphatic rings. The molecule has 0 saturated carbocycles. The average Bonchev–Trinajstić information content (AvgIpc) is 2.83. The van der Waals surface area contributed by atoms with Gasteiger partial charge in [0.1, 0.15) is 0 Å². The minimum absolute atomic E-state index is 0.00271. The van der Waals surface area contributed by atoms with E-state index in [2.05, 4.69) is 29.2 Å². The molecule has 2 heterocycles. The van der Waals surface area contributed by atoms with Crippen molar-refractivity contribution in [1.29, 1.82) is 0 Å². The van der Waals surface area contributed by atoms with Crippen LogP contribution in [0.15, 0.2) is 59.5 Å². The van der Waals surface area contributed by atoms with E-state index in [4.69, 9.17) is 0 Å². The Morgan fingerprint density at radius 1 is 0.938 bits per heavy atom. The first-order valence-corrected chi connectivity index (χ1v) is 13.1. The van der Waals surface area contributed by atoms with Gasteiger partial charge in [0.05, 0.1) is 4.90 Å². The Labute approximate surface area is 191 Å². The molecule has 172 valence electrons. The number of benzene rings is 2. The van der Waals surface area contributed by atoms with E-state index in [0.717, 1.165) is 45.3 Å². The van der Waals surface area contributed by atoms with Gasteiger partial charge in [-0.25, -0.2) is 8.42 Å². The fraction of sp³-hybridized carbons (Fsp3) is 0.480. The fourth-order valence-corrected chi connectivity index (χ4v) is 6.39. The molecule has 2 fully saturated rings. The number of carbonyl (C=O) groups is 1. The highest BCUT2D eigenvalue weighted by Gasteiger charge is 2.31. The Morgan fingerprint density at radius 3 is 2.41 bits per heavy atom. The molecule has 1 atom stereocenters. The standard InChI is InChI=1S/C25H33N3O3S/c1-21-8-5-6-14-28(21)32(30,31)24-12-7-11-23(20-24)25(29)27-18-16-26(17-19-27)15-13-22-9-3-2-4-10-22/h2-4,7,9-12,20-21H,5-6,8,13-19H2,1H3. The van der Waals surface area contributed by atoms with Gasteiger partial charge < -0.3 is 4.90 Å². The van der Waals surface area contributed by atoms with E-state index in [0.29, 0.717) is 25.2 Å². The highest BCUT2D eigenvalue weighted by molar-refractivity contribution is 7.89. The predicted octanol–water partition coefficient (Wildman–Crippen LogP) is 3.25. The van der Waals surface area contributed by atoms with Crippen LogP contribution in [0.1, 0.15) is 42.1 Å². The topological polar surface area (TPSA) is 60.9 Å². The molecule has 1 amide bonds. The maximum atomic E-state index is 13.2. The van der Waals surface area contributed by atoms with Gasteiger partial charge in [-0.1, -0.05) is 42.8 Å². The van der Waals surface area contributed by atoms with E-state index in [-0.39, 0.29) is 16.8 Å². The molecule has 1 unspecified atom stereocenters. The first-order chi connectivity index (χ1) is 15.4. The highest BCUT2D eigenvalue weighted by Crippen LogP contribution is 2.26. The molecule has 7 heteroatoms. The van der Waals surface area contributed by atoms with Crippen LogP contribution in [0.4, 0.5) is 0 Å². The quantitative estimate of drug-likeness (QED) is 0.671. The molecule has 32 heavy (non-hydrogen) atoms. The molecular weight excluding hydrogens is 422 g/mol. The Morgan fingerprint density at radius 2 is 1.69 bits per heavy atom. The predicted molar refractivity (Wildman–Crippen MR) is 126 cm³/mol. The summed E-state index contributed by atoms with van der Waals surface area (Å²) in [5, 5.41) is 0. The largest absolute Gasteiger partial charge is 0.336 e. The number of carbonyl (C=O) groups excluding carboxylic acids is 1. The monoisotopic (exact) mass is 455 g/mol. The van der Waals surface area contributed by atoms with Crippen LogP contribution in [-0.4, -0.2) is 73.7 Å². The Bertz CT molecular complexity index is 1020. The van der Waals surface area contributed by atoms with Gasteiger partial charge in [0.2, 0.25) is 10.0 Å². The van der Waals surface area contributed by atoms with Gasteiger partial charge in [0, 0.05) is 50.9 Å². The van der Waals surface area contributed by atoms with Crippen molar-refractivity contribution in [2.24, 2.45) is 0 Å². The molecule has 2 saturated heterocycles. The molecule has 0 aliphatic carbocycles. The van der Waals surface area contributed by atoms with Crippen LogP contribution in [-0.2, 0) is 16.4 Å². The van der Waals surface area contributed by atoms with Gasteiger partial charge >= 0.3 is 0 Å². The second-order valence-corrected chi connectivity index (χ2v) is 10.7. The zero-order valence-corrected chi connectivity index (χ0v) is 19.6. The van der Waals surface area contributed by atoms with Crippen molar-refractivity contribution < 1.29 is 13.2 Å². The molecular formula is C25H33N3O3S. The molecule has 0 N–H and O–H groups in total. The summed E-state index contributed by atoms with van der Waals surface area (Å²) < 4.78 is 27.9. The summed E-state index contributed by atoms with van der Waals surface area (Å²) in [7, 11) is -3.59. The molecule has 0 spiro atoms. The van der Waals surface area contributed by atoms with Crippen molar-refractivity contribution in [2.75, 3.05) is 39.3 Å². The number of hydrogen-bond acceptors (Lipinski definition) is 4. The Kier molecular flexibility index (Phi) is 7.28. The summed E-state index contributed by atoms with van der Waals surface area (Å²) in [5.41, 5.74) is 1.78. The fourth-order valence-electron chi connectivity index (χ4n) is 4.64. The molecule has 0 bridgehead atoms. The zero-order chi connectivity index (χ0) is 22.6. The normalized spacial score (nSPS) is 20.9. The number of piperidine rings is 1. The van der Waals surface area contributed by atoms with E-state index >= 15 is 0 Å². The van der Waals surface area contributed by atoms with Gasteiger partial charge in [0.15, 0.2) is 0 Å². The minimum Gasteiger partial charge on any atom is -0.336 e. The number of rotatable bonds is 6. The van der Waals surface area contributed by atoms with Crippen molar-refractivity contribution in [3.05, 3.63) is 65.7 Å². The summed E-state index contributed by atoms with van der Waals surface area (Å²) in [4.78, 5) is 17.6. The Hall–Kier alpha value is -2.22. The number of sulfonamides is 1. The SMILES string of the molecule is CC1CCCCN1S(=O)(=O)c1cccc(C(=O)N2CCN(CCc3ccccc3)CC2)c1. The maximum absolute atomic E-state index is 13.2. The van der Waals surface area contributed by atoms with E-state index < -0.39 is 10.0 Å². The Balaban J connectivity index is 1.37. The third-order valence-electron chi connectivity index (χ3n) is 6.65. The molecule has 2 aliphatic heterocycles. The van der Waals surface area contributed by atoms with Crippen LogP contribution in [0.2, 0.25) is 0 Å². The van der Waals surface area contributed by atoms with Crippen molar-refractivity contribution in [1.82, 2.24) is 14.1 Å². The van der Waals surface area contributed by atoms with Crippen molar-refractivity contribution >= 4 is 15.9 Å². The van der Waals surface area contributed by atoms with Crippen LogP contribution < -0.4 is 0 Å².